The van der Waals surface area contributed by atoms with Crippen LogP contribution in [-0.4, -0.2) is 45.0 Å². The van der Waals surface area contributed by atoms with Gasteiger partial charge in [0.2, 0.25) is 11.7 Å². The summed E-state index contributed by atoms with van der Waals surface area (Å²) >= 11 is 0. The smallest absolute Gasteiger partial charge is 0.294 e. The fraction of sp³-hybridized carbons (Fsp3) is 0.345. The lowest BCUT2D eigenvalue weighted by Gasteiger charge is -2.33. The molecule has 9 heteroatoms. The Morgan fingerprint density at radius 1 is 0.947 bits per heavy atom. The van der Waals surface area contributed by atoms with Gasteiger partial charge in [-0.25, -0.2) is 0 Å². The number of rotatable bonds is 10. The molecular formula is C29H32N2O7. The zero-order chi connectivity index (χ0) is 27.2. The molecule has 38 heavy (non-hydrogen) atoms. The second-order valence-electron chi connectivity index (χ2n) is 9.08. The van der Waals surface area contributed by atoms with Gasteiger partial charge >= 0.3 is 0 Å². The van der Waals surface area contributed by atoms with Crippen molar-refractivity contribution in [3.05, 3.63) is 71.7 Å². The summed E-state index contributed by atoms with van der Waals surface area (Å²) in [5.41, 5.74) is 0.980. The molecule has 1 saturated carbocycles. The fourth-order valence-electron chi connectivity index (χ4n) is 4.89. The molecule has 0 aliphatic heterocycles. The Balaban J connectivity index is 1.96. The fourth-order valence-corrected chi connectivity index (χ4v) is 4.89. The van der Waals surface area contributed by atoms with Crippen molar-refractivity contribution in [3.63, 3.8) is 0 Å². The van der Waals surface area contributed by atoms with Crippen molar-refractivity contribution < 1.29 is 33.0 Å². The summed E-state index contributed by atoms with van der Waals surface area (Å²) in [5.74, 6) is -0.209. The molecule has 1 atom stereocenters. The van der Waals surface area contributed by atoms with Crippen molar-refractivity contribution in [3.8, 4) is 17.2 Å². The predicted molar refractivity (Wildman–Crippen MR) is 141 cm³/mol. The van der Waals surface area contributed by atoms with Crippen LogP contribution in [0.4, 0.5) is 5.69 Å². The number of ketones is 1. The van der Waals surface area contributed by atoms with Crippen molar-refractivity contribution in [2.24, 2.45) is 0 Å². The Morgan fingerprint density at radius 3 is 2.16 bits per heavy atom. The van der Waals surface area contributed by atoms with Crippen LogP contribution in [0.25, 0.3) is 0 Å². The van der Waals surface area contributed by atoms with Gasteiger partial charge in [0, 0.05) is 11.6 Å². The van der Waals surface area contributed by atoms with E-state index in [0.717, 1.165) is 25.7 Å². The summed E-state index contributed by atoms with van der Waals surface area (Å²) in [4.78, 5) is 42.1. The Morgan fingerprint density at radius 2 is 1.61 bits per heavy atom. The lowest BCUT2D eigenvalue weighted by atomic mass is 9.98. The van der Waals surface area contributed by atoms with Gasteiger partial charge in [-0.1, -0.05) is 25.0 Å². The summed E-state index contributed by atoms with van der Waals surface area (Å²) in [6.45, 7) is 1.42. The normalized spacial score (nSPS) is 14.0. The van der Waals surface area contributed by atoms with Crippen LogP contribution in [0.15, 0.2) is 59.2 Å². The average Bonchev–Trinajstić information content (AvgIpc) is 3.65. The highest BCUT2D eigenvalue weighted by atomic mass is 16.5. The number of anilines is 1. The van der Waals surface area contributed by atoms with Gasteiger partial charge < -0.3 is 23.9 Å². The number of para-hydroxylation sites is 1. The van der Waals surface area contributed by atoms with Gasteiger partial charge in [-0.05, 0) is 61.7 Å². The van der Waals surface area contributed by atoms with Crippen LogP contribution >= 0.6 is 0 Å². The summed E-state index contributed by atoms with van der Waals surface area (Å²) in [6.07, 6.45) is 5.12. The minimum absolute atomic E-state index is 0.0179. The quantitative estimate of drug-likeness (QED) is 0.377. The van der Waals surface area contributed by atoms with E-state index in [1.54, 1.807) is 42.5 Å². The van der Waals surface area contributed by atoms with Gasteiger partial charge in [0.25, 0.3) is 5.91 Å². The molecule has 0 spiro atoms. The van der Waals surface area contributed by atoms with Crippen molar-refractivity contribution in [2.75, 3.05) is 26.2 Å². The minimum atomic E-state index is -1.19. The lowest BCUT2D eigenvalue weighted by Crippen LogP contribution is -2.46. The second-order valence-corrected chi connectivity index (χ2v) is 9.08. The Kier molecular flexibility index (Phi) is 8.35. The number of carbonyl (C=O) groups excluding carboxylic acids is 3. The predicted octanol–water partition coefficient (Wildman–Crippen LogP) is 4.95. The average molecular weight is 521 g/mol. The summed E-state index contributed by atoms with van der Waals surface area (Å²) in [7, 11) is 4.44. The van der Waals surface area contributed by atoms with Crippen molar-refractivity contribution in [1.82, 2.24) is 5.32 Å². The second kappa shape index (κ2) is 11.9. The van der Waals surface area contributed by atoms with Crippen LogP contribution in [-0.2, 0) is 4.79 Å². The summed E-state index contributed by atoms with van der Waals surface area (Å²) < 4.78 is 22.0. The molecule has 0 unspecified atom stereocenters. The zero-order valence-corrected chi connectivity index (χ0v) is 22.0. The number of Topliss-reactive ketones (excluding diaryl/α,β-unsaturated/α-hetero) is 1. The van der Waals surface area contributed by atoms with E-state index in [1.165, 1.54) is 45.5 Å². The molecule has 0 saturated heterocycles. The molecule has 0 radical (unpaired) electrons. The third-order valence-corrected chi connectivity index (χ3v) is 6.70. The van der Waals surface area contributed by atoms with Crippen LogP contribution in [0.3, 0.4) is 0 Å². The summed E-state index contributed by atoms with van der Waals surface area (Å²) in [6, 6.07) is 11.9. The largest absolute Gasteiger partial charge is 0.493 e. The van der Waals surface area contributed by atoms with E-state index in [0.29, 0.717) is 28.4 Å². The number of furan rings is 1. The molecular weight excluding hydrogens is 488 g/mol. The van der Waals surface area contributed by atoms with Crippen molar-refractivity contribution in [1.29, 1.82) is 0 Å². The van der Waals surface area contributed by atoms with E-state index in [4.69, 9.17) is 18.6 Å². The van der Waals surface area contributed by atoms with Crippen LogP contribution < -0.4 is 24.4 Å². The van der Waals surface area contributed by atoms with Gasteiger partial charge in [-0.2, -0.15) is 0 Å². The number of hydrogen-bond acceptors (Lipinski definition) is 7. The molecule has 4 rings (SSSR count). The highest BCUT2D eigenvalue weighted by molar-refractivity contribution is 6.12. The number of ether oxygens (including phenoxy) is 3. The molecule has 9 nitrogen and oxygen atoms in total. The van der Waals surface area contributed by atoms with E-state index in [9.17, 15) is 14.4 Å². The third kappa shape index (κ3) is 5.37. The van der Waals surface area contributed by atoms with E-state index >= 15 is 0 Å². The molecule has 2 amide bonds. The van der Waals surface area contributed by atoms with Crippen molar-refractivity contribution in [2.45, 2.75) is 44.7 Å². The van der Waals surface area contributed by atoms with Crippen LogP contribution in [0, 0.1) is 0 Å². The first-order valence-electron chi connectivity index (χ1n) is 12.5. The molecule has 1 heterocycles. The van der Waals surface area contributed by atoms with Crippen molar-refractivity contribution >= 4 is 23.3 Å². The monoisotopic (exact) mass is 520 g/mol. The SMILES string of the molecule is COc1cc([C@@H](C(=O)NC2CCCC2)N(C(=O)c2ccco2)c2ccccc2C(C)=O)cc(OC)c1OC. The Hall–Kier alpha value is -4.27. The van der Waals surface area contributed by atoms with Gasteiger partial charge in [0.1, 0.15) is 6.04 Å². The minimum Gasteiger partial charge on any atom is -0.493 e. The molecule has 1 aliphatic rings. The van der Waals surface area contributed by atoms with E-state index in [2.05, 4.69) is 5.32 Å². The number of amides is 2. The molecule has 3 aromatic rings. The van der Waals surface area contributed by atoms with E-state index in [-0.39, 0.29) is 23.3 Å². The highest BCUT2D eigenvalue weighted by Gasteiger charge is 2.38. The Bertz CT molecular complexity index is 1270. The Labute approximate surface area is 221 Å². The van der Waals surface area contributed by atoms with Crippen LogP contribution in [0.1, 0.15) is 65.1 Å². The number of nitrogens with one attached hydrogen (secondary N) is 1. The molecule has 200 valence electrons. The highest BCUT2D eigenvalue weighted by Crippen LogP contribution is 2.42. The summed E-state index contributed by atoms with van der Waals surface area (Å²) in [5, 5.41) is 3.12. The van der Waals surface area contributed by atoms with E-state index < -0.39 is 17.9 Å². The molecule has 2 aromatic carbocycles. The van der Waals surface area contributed by atoms with Gasteiger partial charge in [-0.15, -0.1) is 0 Å². The maximum Gasteiger partial charge on any atom is 0.294 e. The van der Waals surface area contributed by atoms with Crippen LogP contribution in [0.5, 0.6) is 17.2 Å². The first-order valence-corrected chi connectivity index (χ1v) is 12.5. The maximum atomic E-state index is 14.1. The van der Waals surface area contributed by atoms with Crippen LogP contribution in [0.2, 0.25) is 0 Å². The number of carbonyl (C=O) groups is 3. The first-order chi connectivity index (χ1) is 18.4. The lowest BCUT2D eigenvalue weighted by molar-refractivity contribution is -0.123. The standard InChI is InChI=1S/C29H32N2O7/c1-18(32)21-12-7-8-13-22(21)31(29(34)23-14-9-15-38-23)26(28(33)30-20-10-5-6-11-20)19-16-24(35-2)27(37-4)25(17-19)36-3/h7-9,12-17,20,26H,5-6,10-11H2,1-4H3,(H,30,33)/t26-/m0/s1. The van der Waals surface area contributed by atoms with Gasteiger partial charge in [-0.3, -0.25) is 19.3 Å². The number of nitrogens with zero attached hydrogens (tertiary/aromatic N) is 1. The molecule has 1 aliphatic carbocycles. The zero-order valence-electron chi connectivity index (χ0n) is 22.0. The topological polar surface area (TPSA) is 107 Å². The molecule has 1 fully saturated rings. The third-order valence-electron chi connectivity index (χ3n) is 6.70. The van der Waals surface area contributed by atoms with Gasteiger partial charge in [0.05, 0.1) is 33.3 Å². The number of benzene rings is 2. The van der Waals surface area contributed by atoms with Gasteiger partial charge in [0.15, 0.2) is 23.0 Å². The number of hydrogen-bond donors (Lipinski definition) is 1. The van der Waals surface area contributed by atoms with E-state index in [1.807, 2.05) is 0 Å². The molecule has 1 N–H and O–H groups in total. The maximum absolute atomic E-state index is 14.1. The molecule has 1 aromatic heterocycles. The number of methoxy groups -OCH3 is 3. The molecule has 0 bridgehead atoms. The first kappa shape index (κ1) is 26.8.